The smallest absolute Gasteiger partial charge is 0.229 e. The van der Waals surface area contributed by atoms with E-state index in [0.717, 1.165) is 84.4 Å². The van der Waals surface area contributed by atoms with Gasteiger partial charge in [0.15, 0.2) is 11.5 Å². The van der Waals surface area contributed by atoms with Crippen molar-refractivity contribution in [2.45, 2.75) is 37.8 Å². The molecule has 9 heteroatoms. The molecular weight excluding hydrogens is 430 g/mol. The molecule has 1 atom stereocenters. The highest BCUT2D eigenvalue weighted by Gasteiger charge is 2.47. The molecule has 1 aromatic carbocycles. The van der Waals surface area contributed by atoms with E-state index in [2.05, 4.69) is 51.0 Å². The number of fused-ring (bicyclic) bond motifs is 2. The van der Waals surface area contributed by atoms with Gasteiger partial charge < -0.3 is 29.2 Å². The summed E-state index contributed by atoms with van der Waals surface area (Å²) in [5, 5.41) is 1.14. The summed E-state index contributed by atoms with van der Waals surface area (Å²) >= 11 is 0. The molecule has 1 unspecified atom stereocenters. The molecule has 0 saturated carbocycles. The first kappa shape index (κ1) is 20.2. The number of aromatic nitrogens is 5. The van der Waals surface area contributed by atoms with Crippen molar-refractivity contribution in [2.24, 2.45) is 0 Å². The van der Waals surface area contributed by atoms with Crippen LogP contribution in [0.5, 0.6) is 0 Å². The fourth-order valence-electron chi connectivity index (χ4n) is 5.78. The summed E-state index contributed by atoms with van der Waals surface area (Å²) in [6.45, 7) is 6.96. The Morgan fingerprint density at radius 3 is 2.74 bits per heavy atom. The lowest BCUT2D eigenvalue weighted by Gasteiger charge is -2.54. The Morgan fingerprint density at radius 2 is 1.91 bits per heavy atom. The minimum Gasteiger partial charge on any atom is -0.381 e. The molecule has 9 nitrogen and oxygen atoms in total. The van der Waals surface area contributed by atoms with Crippen LogP contribution in [0.1, 0.15) is 26.2 Å². The minimum absolute atomic E-state index is 0.121. The van der Waals surface area contributed by atoms with Gasteiger partial charge in [0.2, 0.25) is 5.95 Å². The molecule has 0 radical (unpaired) electrons. The van der Waals surface area contributed by atoms with Gasteiger partial charge in [0.1, 0.15) is 11.3 Å². The maximum atomic E-state index is 5.72. The number of benzene rings is 1. The second-order valence-electron chi connectivity index (χ2n) is 9.73. The summed E-state index contributed by atoms with van der Waals surface area (Å²) in [5.41, 5.74) is 3.88. The number of H-pyrrole nitrogens is 2. The van der Waals surface area contributed by atoms with Gasteiger partial charge in [-0.25, -0.2) is 4.98 Å². The van der Waals surface area contributed by atoms with E-state index in [4.69, 9.17) is 24.4 Å². The Labute approximate surface area is 197 Å². The molecule has 6 heterocycles. The van der Waals surface area contributed by atoms with Crippen molar-refractivity contribution < 1.29 is 9.47 Å². The number of nitrogens with one attached hydrogen (secondary N) is 2. The lowest BCUT2D eigenvalue weighted by Crippen LogP contribution is -2.63. The van der Waals surface area contributed by atoms with Crippen molar-refractivity contribution in [2.75, 3.05) is 49.3 Å². The molecule has 0 bridgehead atoms. The van der Waals surface area contributed by atoms with Crippen molar-refractivity contribution in [1.82, 2.24) is 24.9 Å². The Bertz CT molecular complexity index is 1360. The highest BCUT2D eigenvalue weighted by Crippen LogP contribution is 2.42. The highest BCUT2D eigenvalue weighted by molar-refractivity contribution is 5.96. The number of ether oxygens (including phenoxy) is 2. The fraction of sp³-hybridized carbons (Fsp3) is 0.480. The van der Waals surface area contributed by atoms with Gasteiger partial charge in [0.25, 0.3) is 0 Å². The second-order valence-corrected chi connectivity index (χ2v) is 9.73. The van der Waals surface area contributed by atoms with Crippen LogP contribution in [-0.4, -0.2) is 76.0 Å². The molecule has 2 N–H and O–H groups in total. The van der Waals surface area contributed by atoms with Gasteiger partial charge in [0, 0.05) is 54.5 Å². The minimum atomic E-state index is 0.121. The molecule has 3 aromatic heterocycles. The summed E-state index contributed by atoms with van der Waals surface area (Å²) in [7, 11) is 0. The molecule has 4 aromatic rings. The Hall–Kier alpha value is -3.17. The van der Waals surface area contributed by atoms with Gasteiger partial charge in [0.05, 0.1) is 19.3 Å². The van der Waals surface area contributed by atoms with E-state index in [0.29, 0.717) is 13.2 Å². The third-order valence-electron chi connectivity index (χ3n) is 7.85. The van der Waals surface area contributed by atoms with E-state index in [1.807, 2.05) is 6.20 Å². The molecule has 7 rings (SSSR count). The number of anilines is 2. The van der Waals surface area contributed by atoms with Crippen LogP contribution in [0.3, 0.4) is 0 Å². The van der Waals surface area contributed by atoms with Crippen molar-refractivity contribution in [3.63, 3.8) is 0 Å². The first-order valence-electron chi connectivity index (χ1n) is 12.3. The van der Waals surface area contributed by atoms with Gasteiger partial charge >= 0.3 is 0 Å². The largest absolute Gasteiger partial charge is 0.381 e. The zero-order chi connectivity index (χ0) is 22.7. The van der Waals surface area contributed by atoms with E-state index < -0.39 is 0 Å². The molecule has 1 spiro atoms. The van der Waals surface area contributed by atoms with E-state index in [1.54, 1.807) is 0 Å². The van der Waals surface area contributed by atoms with Crippen LogP contribution >= 0.6 is 0 Å². The normalized spacial score (nSPS) is 22.6. The number of nitrogens with zero attached hydrogens (tertiary/aromatic N) is 5. The molecule has 3 saturated heterocycles. The number of imidazole rings is 1. The number of rotatable bonds is 3. The van der Waals surface area contributed by atoms with Crippen molar-refractivity contribution >= 4 is 33.8 Å². The summed E-state index contributed by atoms with van der Waals surface area (Å²) in [6.07, 6.45) is 5.19. The summed E-state index contributed by atoms with van der Waals surface area (Å²) < 4.78 is 11.4. The Balaban J connectivity index is 1.39. The summed E-state index contributed by atoms with van der Waals surface area (Å²) in [5.74, 6) is 2.52. The summed E-state index contributed by atoms with van der Waals surface area (Å²) in [6, 6.07) is 8.56. The van der Waals surface area contributed by atoms with Crippen LogP contribution in [0.4, 0.5) is 11.8 Å². The first-order chi connectivity index (χ1) is 16.7. The Morgan fingerprint density at radius 1 is 1.00 bits per heavy atom. The van der Waals surface area contributed by atoms with Crippen LogP contribution in [0.15, 0.2) is 30.5 Å². The van der Waals surface area contributed by atoms with Gasteiger partial charge in [-0.3, -0.25) is 0 Å². The quantitative estimate of drug-likeness (QED) is 0.484. The average molecular weight is 460 g/mol. The van der Waals surface area contributed by atoms with Gasteiger partial charge in [-0.15, -0.1) is 0 Å². The van der Waals surface area contributed by atoms with Gasteiger partial charge in [-0.05, 0) is 38.3 Å². The van der Waals surface area contributed by atoms with Crippen LogP contribution in [0.2, 0.25) is 0 Å². The van der Waals surface area contributed by atoms with E-state index in [9.17, 15) is 0 Å². The Kier molecular flexibility index (Phi) is 4.57. The molecule has 0 amide bonds. The molecule has 3 aliphatic rings. The van der Waals surface area contributed by atoms with E-state index in [-0.39, 0.29) is 11.6 Å². The standard InChI is InChI=1S/C25H29N7O2/c1-16-15-34-14-11-31(16)23-20-22(28-21(27-20)18-3-2-4-19-17(18)5-9-26-19)29-24(30-23)32-10-6-25(32)7-12-33-13-8-25/h2-5,9,16,26H,6-8,10-15H2,1H3,(H,27,28,29,30). The summed E-state index contributed by atoms with van der Waals surface area (Å²) in [4.78, 5) is 26.8. The zero-order valence-electron chi connectivity index (χ0n) is 19.4. The van der Waals surface area contributed by atoms with Crippen LogP contribution in [0.25, 0.3) is 33.5 Å². The maximum absolute atomic E-state index is 5.72. The zero-order valence-corrected chi connectivity index (χ0v) is 19.4. The second kappa shape index (κ2) is 7.68. The molecular formula is C25H29N7O2. The first-order valence-corrected chi connectivity index (χ1v) is 12.3. The highest BCUT2D eigenvalue weighted by atomic mass is 16.5. The number of aromatic amines is 2. The molecule has 0 aliphatic carbocycles. The topological polar surface area (TPSA) is 95.2 Å². The average Bonchev–Trinajstić information content (AvgIpc) is 3.51. The molecule has 3 fully saturated rings. The lowest BCUT2D eigenvalue weighted by atomic mass is 9.78. The van der Waals surface area contributed by atoms with Crippen LogP contribution in [0, 0.1) is 0 Å². The van der Waals surface area contributed by atoms with Crippen molar-refractivity contribution in [1.29, 1.82) is 0 Å². The monoisotopic (exact) mass is 459 g/mol. The molecule has 3 aliphatic heterocycles. The number of hydrogen-bond donors (Lipinski definition) is 2. The van der Waals surface area contributed by atoms with E-state index >= 15 is 0 Å². The predicted molar refractivity (Wildman–Crippen MR) is 131 cm³/mol. The van der Waals surface area contributed by atoms with Crippen LogP contribution < -0.4 is 9.80 Å². The molecule has 176 valence electrons. The van der Waals surface area contributed by atoms with Crippen molar-refractivity contribution in [3.05, 3.63) is 30.5 Å². The fourth-order valence-corrected chi connectivity index (χ4v) is 5.78. The van der Waals surface area contributed by atoms with Gasteiger partial charge in [-0.2, -0.15) is 9.97 Å². The van der Waals surface area contributed by atoms with Crippen molar-refractivity contribution in [3.8, 4) is 11.4 Å². The third kappa shape index (κ3) is 3.03. The number of morpholine rings is 1. The third-order valence-corrected chi connectivity index (χ3v) is 7.85. The number of hydrogen-bond acceptors (Lipinski definition) is 7. The molecule has 34 heavy (non-hydrogen) atoms. The predicted octanol–water partition coefficient (Wildman–Crippen LogP) is 3.49. The van der Waals surface area contributed by atoms with Gasteiger partial charge in [-0.1, -0.05) is 12.1 Å². The van der Waals surface area contributed by atoms with E-state index in [1.165, 1.54) is 6.42 Å². The maximum Gasteiger partial charge on any atom is 0.229 e. The SMILES string of the molecule is CC1COCCN1c1nc(N2CCC23CCOCC3)nc2nc(-c3cccc4[nH]ccc34)[nH]c12. The lowest BCUT2D eigenvalue weighted by molar-refractivity contribution is 0.0280. The van der Waals surface area contributed by atoms with Crippen LogP contribution in [-0.2, 0) is 9.47 Å².